The van der Waals surface area contributed by atoms with E-state index in [0.29, 0.717) is 19.7 Å². The van der Waals surface area contributed by atoms with Gasteiger partial charge in [-0.1, -0.05) is 6.58 Å². The highest BCUT2D eigenvalue weighted by molar-refractivity contribution is 7.14. The van der Waals surface area contributed by atoms with Crippen LogP contribution >= 0.6 is 11.3 Å². The van der Waals surface area contributed by atoms with Gasteiger partial charge >= 0.3 is 0 Å². The number of ether oxygens (including phenoxy) is 1. The summed E-state index contributed by atoms with van der Waals surface area (Å²) >= 11 is 1.50. The van der Waals surface area contributed by atoms with Gasteiger partial charge in [-0.05, 0) is 19.9 Å². The summed E-state index contributed by atoms with van der Waals surface area (Å²) in [7, 11) is 0. The highest BCUT2D eigenvalue weighted by atomic mass is 32.1. The second kappa shape index (κ2) is 8.66. The van der Waals surface area contributed by atoms with E-state index in [-0.39, 0.29) is 5.91 Å². The topological polar surface area (TPSA) is 54.5 Å². The van der Waals surface area contributed by atoms with Gasteiger partial charge in [0.05, 0.1) is 18.6 Å². The van der Waals surface area contributed by atoms with Gasteiger partial charge in [0.25, 0.3) is 0 Å². The van der Waals surface area contributed by atoms with Gasteiger partial charge in [0, 0.05) is 25.4 Å². The average Bonchev–Trinajstić information content (AvgIpc) is 2.82. The van der Waals surface area contributed by atoms with Gasteiger partial charge in [0.2, 0.25) is 5.91 Å². The number of nitrogens with one attached hydrogen (secondary N) is 1. The summed E-state index contributed by atoms with van der Waals surface area (Å²) in [6, 6.07) is 0. The Morgan fingerprint density at radius 2 is 2.47 bits per heavy atom. The summed E-state index contributed by atoms with van der Waals surface area (Å²) in [5, 5.41) is 6.03. The number of hydrogen-bond donors (Lipinski definition) is 1. The Morgan fingerprint density at radius 3 is 3.11 bits per heavy atom. The van der Waals surface area contributed by atoms with Crippen molar-refractivity contribution in [2.75, 3.05) is 24.6 Å². The molecule has 6 heteroatoms. The van der Waals surface area contributed by atoms with Crippen LogP contribution in [0.5, 0.6) is 0 Å². The third-order valence-electron chi connectivity index (χ3n) is 2.51. The molecular weight excluding hydrogens is 262 g/mol. The molecule has 0 fully saturated rings. The monoisotopic (exact) mass is 283 g/mol. The molecule has 0 aliphatic rings. The number of anilines is 1. The van der Waals surface area contributed by atoms with Gasteiger partial charge in [-0.3, -0.25) is 9.69 Å². The molecule has 0 saturated heterocycles. The molecule has 0 atom stereocenters. The first-order valence-electron chi connectivity index (χ1n) is 6.34. The molecule has 0 unspecified atom stereocenters. The van der Waals surface area contributed by atoms with Crippen LogP contribution in [0.4, 0.5) is 5.13 Å². The van der Waals surface area contributed by atoms with Crippen LogP contribution in [0.3, 0.4) is 0 Å². The molecule has 0 aliphatic heterocycles. The fraction of sp³-hybridized carbons (Fsp3) is 0.538. The average molecular weight is 283 g/mol. The molecule has 0 aliphatic carbocycles. The second-order valence-corrected chi connectivity index (χ2v) is 4.79. The van der Waals surface area contributed by atoms with Crippen LogP contribution in [0.25, 0.3) is 0 Å². The molecule has 1 rings (SSSR count). The molecule has 1 aromatic rings. The van der Waals surface area contributed by atoms with Gasteiger partial charge in [0.15, 0.2) is 5.13 Å². The first kappa shape index (κ1) is 15.7. The van der Waals surface area contributed by atoms with E-state index >= 15 is 0 Å². The molecule has 1 aromatic heterocycles. The molecule has 0 radical (unpaired) electrons. The predicted molar refractivity (Wildman–Crippen MR) is 78.3 cm³/mol. The zero-order valence-corrected chi connectivity index (χ0v) is 12.3. The first-order valence-corrected chi connectivity index (χ1v) is 7.22. The molecule has 1 N–H and O–H groups in total. The third kappa shape index (κ3) is 5.40. The Balaban J connectivity index is 2.34. The Bertz CT molecular complexity index is 406. The first-order chi connectivity index (χ1) is 9.19. The van der Waals surface area contributed by atoms with Crippen molar-refractivity contribution in [2.24, 2.45) is 0 Å². The molecule has 19 heavy (non-hydrogen) atoms. The molecule has 5 nitrogen and oxygen atoms in total. The minimum atomic E-state index is 0.0259. The van der Waals surface area contributed by atoms with Crippen LogP contribution in [0.1, 0.15) is 26.0 Å². The highest BCUT2D eigenvalue weighted by Crippen LogP contribution is 2.20. The van der Waals surface area contributed by atoms with E-state index in [0.717, 1.165) is 23.8 Å². The number of rotatable bonds is 9. The summed E-state index contributed by atoms with van der Waals surface area (Å²) in [6.07, 6.45) is 2.38. The molecule has 0 aromatic carbocycles. The van der Waals surface area contributed by atoms with Gasteiger partial charge in [-0.15, -0.1) is 11.3 Å². The maximum atomic E-state index is 11.4. The molecule has 1 heterocycles. The zero-order valence-electron chi connectivity index (χ0n) is 11.5. The van der Waals surface area contributed by atoms with Crippen LogP contribution in [0.2, 0.25) is 0 Å². The van der Waals surface area contributed by atoms with Crippen LogP contribution in [0, 0.1) is 0 Å². The lowest BCUT2D eigenvalue weighted by Crippen LogP contribution is -2.27. The highest BCUT2D eigenvalue weighted by Gasteiger charge is 2.12. The van der Waals surface area contributed by atoms with E-state index in [2.05, 4.69) is 16.9 Å². The number of nitrogens with zero attached hydrogens (tertiary/aromatic N) is 2. The van der Waals surface area contributed by atoms with Crippen LogP contribution in [-0.4, -0.2) is 30.6 Å². The summed E-state index contributed by atoms with van der Waals surface area (Å²) in [6.45, 7) is 9.88. The van der Waals surface area contributed by atoms with Crippen molar-refractivity contribution in [2.45, 2.75) is 26.8 Å². The number of carbonyl (C=O) groups excluding carboxylic acids is 1. The minimum Gasteiger partial charge on any atom is -0.502 e. The zero-order chi connectivity index (χ0) is 14.1. The lowest BCUT2D eigenvalue weighted by atomic mass is 10.4. The quantitative estimate of drug-likeness (QED) is 0.557. The predicted octanol–water partition coefficient (Wildman–Crippen LogP) is 2.16. The SMILES string of the molecule is C=COCCCNCc1csc(N(CC)C(C)=O)n1. The Labute approximate surface area is 118 Å². The summed E-state index contributed by atoms with van der Waals surface area (Å²) < 4.78 is 5.03. The van der Waals surface area contributed by atoms with Gasteiger partial charge in [0.1, 0.15) is 0 Å². The van der Waals surface area contributed by atoms with E-state index in [4.69, 9.17) is 4.74 Å². The number of carbonyl (C=O) groups is 1. The third-order valence-corrected chi connectivity index (χ3v) is 3.42. The van der Waals surface area contributed by atoms with Crippen LogP contribution in [-0.2, 0) is 16.1 Å². The van der Waals surface area contributed by atoms with E-state index in [1.165, 1.54) is 17.6 Å². The van der Waals surface area contributed by atoms with Crippen molar-refractivity contribution in [3.05, 3.63) is 23.9 Å². The normalized spacial score (nSPS) is 10.2. The lowest BCUT2D eigenvalue weighted by Gasteiger charge is -2.14. The lowest BCUT2D eigenvalue weighted by molar-refractivity contribution is -0.116. The van der Waals surface area contributed by atoms with Crippen molar-refractivity contribution in [1.82, 2.24) is 10.3 Å². The Kier molecular flexibility index (Phi) is 7.14. The van der Waals surface area contributed by atoms with Gasteiger partial charge in [-0.25, -0.2) is 4.98 Å². The van der Waals surface area contributed by atoms with E-state index in [1.54, 1.807) is 11.8 Å². The summed E-state index contributed by atoms with van der Waals surface area (Å²) in [5.74, 6) is 0.0259. The van der Waals surface area contributed by atoms with Gasteiger partial charge < -0.3 is 10.1 Å². The number of thiazole rings is 1. The second-order valence-electron chi connectivity index (χ2n) is 3.95. The maximum absolute atomic E-state index is 11.4. The van der Waals surface area contributed by atoms with Crippen molar-refractivity contribution in [1.29, 1.82) is 0 Å². The van der Waals surface area contributed by atoms with E-state index in [9.17, 15) is 4.79 Å². The summed E-state index contributed by atoms with van der Waals surface area (Å²) in [4.78, 5) is 17.5. The summed E-state index contributed by atoms with van der Waals surface area (Å²) in [5.41, 5.74) is 0.962. The van der Waals surface area contributed by atoms with Crippen molar-refractivity contribution >= 4 is 22.4 Å². The smallest absolute Gasteiger partial charge is 0.225 e. The van der Waals surface area contributed by atoms with Crippen molar-refractivity contribution in [3.63, 3.8) is 0 Å². The minimum absolute atomic E-state index is 0.0259. The molecule has 1 amide bonds. The number of hydrogen-bond acceptors (Lipinski definition) is 5. The Hall–Kier alpha value is -1.40. The fourth-order valence-electron chi connectivity index (χ4n) is 1.57. The Morgan fingerprint density at radius 1 is 1.68 bits per heavy atom. The van der Waals surface area contributed by atoms with Crippen molar-refractivity contribution in [3.8, 4) is 0 Å². The van der Waals surface area contributed by atoms with Crippen LogP contribution < -0.4 is 10.2 Å². The molecule has 0 saturated carbocycles. The molecule has 106 valence electrons. The van der Waals surface area contributed by atoms with Crippen LogP contribution in [0.15, 0.2) is 18.2 Å². The van der Waals surface area contributed by atoms with E-state index < -0.39 is 0 Å². The fourth-order valence-corrected chi connectivity index (χ4v) is 2.51. The standard InChI is InChI=1S/C13H21N3O2S/c1-4-16(11(3)17)13-15-12(10-19-13)9-14-7-6-8-18-5-2/h5,10,14H,2,4,6-9H2,1,3H3. The van der Waals surface area contributed by atoms with Gasteiger partial charge in [-0.2, -0.15) is 0 Å². The largest absolute Gasteiger partial charge is 0.502 e. The number of aromatic nitrogens is 1. The maximum Gasteiger partial charge on any atom is 0.225 e. The van der Waals surface area contributed by atoms with E-state index in [1.807, 2.05) is 12.3 Å². The molecule has 0 spiro atoms. The molecule has 0 bridgehead atoms. The molecular formula is C13H21N3O2S. The number of amides is 1. The van der Waals surface area contributed by atoms with Crippen molar-refractivity contribution < 1.29 is 9.53 Å².